The number of rotatable bonds is 5. The second-order valence-electron chi connectivity index (χ2n) is 6.61. The third-order valence-corrected chi connectivity index (χ3v) is 4.90. The highest BCUT2D eigenvalue weighted by Crippen LogP contribution is 2.17. The average molecular weight is 346 g/mol. The monoisotopic (exact) mass is 345 g/mol. The largest absolute Gasteiger partial charge is 0.341 e. The SMILES string of the molecule is CCNCC1CCN(C(=O)CN2CCCCCCC2=O)CC1.Cl. The van der Waals surface area contributed by atoms with Gasteiger partial charge in [0.2, 0.25) is 11.8 Å². The Balaban J connectivity index is 0.00000264. The molecule has 0 aromatic rings. The van der Waals surface area contributed by atoms with E-state index >= 15 is 0 Å². The quantitative estimate of drug-likeness (QED) is 0.829. The molecule has 2 aliphatic heterocycles. The molecule has 2 fully saturated rings. The number of hydrogen-bond donors (Lipinski definition) is 1. The summed E-state index contributed by atoms with van der Waals surface area (Å²) in [6.07, 6.45) is 7.08. The van der Waals surface area contributed by atoms with Crippen molar-refractivity contribution < 1.29 is 9.59 Å². The Morgan fingerprint density at radius 2 is 1.83 bits per heavy atom. The number of carbonyl (C=O) groups excluding carboxylic acids is 2. The zero-order chi connectivity index (χ0) is 15.8. The van der Waals surface area contributed by atoms with Gasteiger partial charge in [-0.25, -0.2) is 0 Å². The number of halogens is 1. The van der Waals surface area contributed by atoms with Gasteiger partial charge in [-0.3, -0.25) is 9.59 Å². The number of nitrogens with zero attached hydrogens (tertiary/aromatic N) is 2. The predicted octanol–water partition coefficient (Wildman–Crippen LogP) is 2.05. The van der Waals surface area contributed by atoms with Gasteiger partial charge < -0.3 is 15.1 Å². The van der Waals surface area contributed by atoms with Gasteiger partial charge in [0.15, 0.2) is 0 Å². The van der Waals surface area contributed by atoms with Crippen molar-refractivity contribution in [1.82, 2.24) is 15.1 Å². The number of nitrogens with one attached hydrogen (secondary N) is 1. The summed E-state index contributed by atoms with van der Waals surface area (Å²) in [6.45, 7) is 6.92. The van der Waals surface area contributed by atoms with Crippen LogP contribution in [0.5, 0.6) is 0 Å². The Kier molecular flexibility index (Phi) is 9.56. The average Bonchev–Trinajstić information content (AvgIpc) is 2.53. The van der Waals surface area contributed by atoms with Crippen LogP contribution in [0.15, 0.2) is 0 Å². The molecule has 1 N–H and O–H groups in total. The molecular weight excluding hydrogens is 314 g/mol. The summed E-state index contributed by atoms with van der Waals surface area (Å²) in [5.74, 6) is 0.984. The molecule has 0 unspecified atom stereocenters. The molecule has 5 nitrogen and oxygen atoms in total. The molecule has 6 heteroatoms. The summed E-state index contributed by atoms with van der Waals surface area (Å²) < 4.78 is 0. The van der Waals surface area contributed by atoms with E-state index in [1.165, 1.54) is 6.42 Å². The van der Waals surface area contributed by atoms with E-state index in [4.69, 9.17) is 0 Å². The fourth-order valence-corrected chi connectivity index (χ4v) is 3.38. The molecule has 0 aromatic carbocycles. The van der Waals surface area contributed by atoms with Gasteiger partial charge in [0.25, 0.3) is 0 Å². The van der Waals surface area contributed by atoms with E-state index in [-0.39, 0.29) is 30.8 Å². The maximum absolute atomic E-state index is 12.4. The summed E-state index contributed by atoms with van der Waals surface area (Å²) in [6, 6.07) is 0. The summed E-state index contributed by atoms with van der Waals surface area (Å²) in [5.41, 5.74) is 0. The molecule has 2 aliphatic rings. The van der Waals surface area contributed by atoms with Crippen LogP contribution in [0, 0.1) is 5.92 Å². The first-order valence-electron chi connectivity index (χ1n) is 8.97. The molecule has 0 bridgehead atoms. The van der Waals surface area contributed by atoms with Crippen LogP contribution in [0.3, 0.4) is 0 Å². The number of amides is 2. The summed E-state index contributed by atoms with van der Waals surface area (Å²) in [4.78, 5) is 28.3. The van der Waals surface area contributed by atoms with Gasteiger partial charge in [-0.2, -0.15) is 0 Å². The van der Waals surface area contributed by atoms with Gasteiger partial charge in [0.1, 0.15) is 0 Å². The Hall–Kier alpha value is -0.810. The highest BCUT2D eigenvalue weighted by atomic mass is 35.5. The summed E-state index contributed by atoms with van der Waals surface area (Å²) in [5, 5.41) is 3.39. The van der Waals surface area contributed by atoms with Gasteiger partial charge in [0, 0.05) is 26.1 Å². The van der Waals surface area contributed by atoms with Crippen molar-refractivity contribution in [2.75, 3.05) is 39.3 Å². The number of hydrogen-bond acceptors (Lipinski definition) is 3. The zero-order valence-corrected chi connectivity index (χ0v) is 15.2. The summed E-state index contributed by atoms with van der Waals surface area (Å²) in [7, 11) is 0. The summed E-state index contributed by atoms with van der Waals surface area (Å²) >= 11 is 0. The van der Waals surface area contributed by atoms with Crippen LogP contribution >= 0.6 is 12.4 Å². The fourth-order valence-electron chi connectivity index (χ4n) is 3.38. The van der Waals surface area contributed by atoms with Gasteiger partial charge >= 0.3 is 0 Å². The van der Waals surface area contributed by atoms with Crippen LogP contribution in [0.25, 0.3) is 0 Å². The predicted molar refractivity (Wildman–Crippen MR) is 94.8 cm³/mol. The van der Waals surface area contributed by atoms with E-state index < -0.39 is 0 Å². The van der Waals surface area contributed by atoms with Gasteiger partial charge in [-0.05, 0) is 44.7 Å². The topological polar surface area (TPSA) is 52.7 Å². The minimum absolute atomic E-state index is 0. The second kappa shape index (κ2) is 10.9. The Morgan fingerprint density at radius 1 is 1.13 bits per heavy atom. The van der Waals surface area contributed by atoms with Crippen LogP contribution in [0.2, 0.25) is 0 Å². The van der Waals surface area contributed by atoms with E-state index in [1.54, 1.807) is 4.90 Å². The normalized spacial score (nSPS) is 20.7. The van der Waals surface area contributed by atoms with Gasteiger partial charge in [0.05, 0.1) is 6.54 Å². The molecule has 134 valence electrons. The molecule has 2 amide bonds. The van der Waals surface area contributed by atoms with Crippen molar-refractivity contribution in [3.05, 3.63) is 0 Å². The highest BCUT2D eigenvalue weighted by molar-refractivity contribution is 5.85. The number of carbonyl (C=O) groups is 2. The van der Waals surface area contributed by atoms with Crippen molar-refractivity contribution in [3.63, 3.8) is 0 Å². The lowest BCUT2D eigenvalue weighted by atomic mass is 9.96. The van der Waals surface area contributed by atoms with E-state index in [0.717, 1.165) is 64.8 Å². The van der Waals surface area contributed by atoms with Crippen molar-refractivity contribution in [2.45, 2.75) is 51.9 Å². The lowest BCUT2D eigenvalue weighted by Crippen LogP contribution is -2.47. The smallest absolute Gasteiger partial charge is 0.242 e. The highest BCUT2D eigenvalue weighted by Gasteiger charge is 2.25. The molecule has 0 aliphatic carbocycles. The Morgan fingerprint density at radius 3 is 2.52 bits per heavy atom. The molecule has 0 spiro atoms. The van der Waals surface area contributed by atoms with E-state index in [0.29, 0.717) is 12.3 Å². The molecule has 0 saturated carbocycles. The lowest BCUT2D eigenvalue weighted by molar-refractivity contribution is -0.141. The molecule has 2 rings (SSSR count). The third kappa shape index (κ3) is 6.68. The van der Waals surface area contributed by atoms with E-state index in [1.807, 2.05) is 4.90 Å². The lowest BCUT2D eigenvalue weighted by Gasteiger charge is -2.34. The second-order valence-corrected chi connectivity index (χ2v) is 6.61. The maximum atomic E-state index is 12.4. The van der Waals surface area contributed by atoms with Crippen LogP contribution in [-0.4, -0.2) is 60.9 Å². The van der Waals surface area contributed by atoms with Gasteiger partial charge in [-0.15, -0.1) is 12.4 Å². The van der Waals surface area contributed by atoms with Crippen LogP contribution in [0.4, 0.5) is 0 Å². The molecule has 2 saturated heterocycles. The Bertz CT molecular complexity index is 371. The van der Waals surface area contributed by atoms with E-state index in [2.05, 4.69) is 12.2 Å². The number of piperidine rings is 1. The molecule has 0 radical (unpaired) electrons. The van der Waals surface area contributed by atoms with Gasteiger partial charge in [-0.1, -0.05) is 19.8 Å². The third-order valence-electron chi connectivity index (χ3n) is 4.90. The maximum Gasteiger partial charge on any atom is 0.242 e. The van der Waals surface area contributed by atoms with E-state index in [9.17, 15) is 9.59 Å². The number of likely N-dealkylation sites (tertiary alicyclic amines) is 2. The first-order valence-corrected chi connectivity index (χ1v) is 8.97. The van der Waals surface area contributed by atoms with Crippen LogP contribution < -0.4 is 5.32 Å². The molecule has 0 aromatic heterocycles. The minimum atomic E-state index is 0. The first-order chi connectivity index (χ1) is 10.7. The first kappa shape index (κ1) is 20.2. The standard InChI is InChI=1S/C17H31N3O2.ClH/c1-2-18-13-15-8-11-19(12-9-15)17(22)14-20-10-6-4-3-5-7-16(20)21;/h15,18H,2-14H2,1H3;1H. The van der Waals surface area contributed by atoms with Crippen LogP contribution in [0.1, 0.15) is 51.9 Å². The van der Waals surface area contributed by atoms with Crippen molar-refractivity contribution in [1.29, 1.82) is 0 Å². The molecule has 2 heterocycles. The zero-order valence-electron chi connectivity index (χ0n) is 14.4. The van der Waals surface area contributed by atoms with Crippen molar-refractivity contribution in [2.24, 2.45) is 5.92 Å². The minimum Gasteiger partial charge on any atom is -0.341 e. The molecular formula is C17H32ClN3O2. The molecule has 0 atom stereocenters. The fraction of sp³-hybridized carbons (Fsp3) is 0.882. The van der Waals surface area contributed by atoms with Crippen molar-refractivity contribution in [3.8, 4) is 0 Å². The van der Waals surface area contributed by atoms with Crippen LogP contribution in [-0.2, 0) is 9.59 Å². The molecule has 23 heavy (non-hydrogen) atoms. The van der Waals surface area contributed by atoms with Crippen molar-refractivity contribution >= 4 is 24.2 Å². The Labute approximate surface area is 146 Å².